The summed E-state index contributed by atoms with van der Waals surface area (Å²) in [5.74, 6) is -0.495. The molecule has 1 fully saturated rings. The van der Waals surface area contributed by atoms with Crippen molar-refractivity contribution in [3.63, 3.8) is 0 Å². The SMILES string of the molecule is CC1CCCN(C(=O)c2cc(F)ccc2-c2ncccn2)C1CNc1ncc(C(F)(F)F)cn1. The molecule has 0 radical (unpaired) electrons. The Kier molecular flexibility index (Phi) is 6.71. The Morgan fingerprint density at radius 1 is 1.15 bits per heavy atom. The van der Waals surface area contributed by atoms with E-state index in [1.165, 1.54) is 18.2 Å². The number of carbonyl (C=O) groups excluding carboxylic acids is 1. The van der Waals surface area contributed by atoms with Crippen molar-refractivity contribution in [3.8, 4) is 11.4 Å². The largest absolute Gasteiger partial charge is 0.419 e. The van der Waals surface area contributed by atoms with Gasteiger partial charge in [-0.15, -0.1) is 0 Å². The van der Waals surface area contributed by atoms with Gasteiger partial charge in [0.1, 0.15) is 5.82 Å². The number of hydrogen-bond donors (Lipinski definition) is 1. The number of halogens is 4. The molecule has 7 nitrogen and oxygen atoms in total. The van der Waals surface area contributed by atoms with Crippen LogP contribution in [0.4, 0.5) is 23.5 Å². The van der Waals surface area contributed by atoms with Gasteiger partial charge in [0, 0.05) is 43.4 Å². The topological polar surface area (TPSA) is 83.9 Å². The maximum Gasteiger partial charge on any atom is 0.419 e. The second kappa shape index (κ2) is 9.70. The normalized spacial score (nSPS) is 18.6. The summed E-state index contributed by atoms with van der Waals surface area (Å²) in [4.78, 5) is 31.1. The first kappa shape index (κ1) is 23.5. The summed E-state index contributed by atoms with van der Waals surface area (Å²) in [6.07, 6.45) is 1.61. The summed E-state index contributed by atoms with van der Waals surface area (Å²) in [7, 11) is 0. The van der Waals surface area contributed by atoms with Gasteiger partial charge in [0.2, 0.25) is 5.95 Å². The van der Waals surface area contributed by atoms with E-state index in [0.29, 0.717) is 30.3 Å². The summed E-state index contributed by atoms with van der Waals surface area (Å²) < 4.78 is 52.4. The summed E-state index contributed by atoms with van der Waals surface area (Å²) >= 11 is 0. The average molecular weight is 474 g/mol. The maximum atomic E-state index is 14.1. The predicted octanol–water partition coefficient (Wildman–Crippen LogP) is 4.44. The molecule has 1 saturated heterocycles. The Balaban J connectivity index is 1.57. The molecular weight excluding hydrogens is 452 g/mol. The Bertz CT molecular complexity index is 1140. The van der Waals surface area contributed by atoms with Gasteiger partial charge in [0.15, 0.2) is 5.82 Å². The molecule has 3 heterocycles. The molecule has 0 saturated carbocycles. The van der Waals surface area contributed by atoms with Gasteiger partial charge >= 0.3 is 6.18 Å². The predicted molar refractivity (Wildman–Crippen MR) is 116 cm³/mol. The molecule has 2 aromatic heterocycles. The second-order valence-electron chi connectivity index (χ2n) is 8.12. The zero-order chi connectivity index (χ0) is 24.3. The average Bonchev–Trinajstić information content (AvgIpc) is 2.83. The first-order valence-electron chi connectivity index (χ1n) is 10.7. The fourth-order valence-corrected chi connectivity index (χ4v) is 4.06. The van der Waals surface area contributed by atoms with Crippen LogP contribution in [0.15, 0.2) is 49.1 Å². The third-order valence-corrected chi connectivity index (χ3v) is 5.84. The van der Waals surface area contributed by atoms with Gasteiger partial charge in [-0.2, -0.15) is 13.2 Å². The third-order valence-electron chi connectivity index (χ3n) is 5.84. The van der Waals surface area contributed by atoms with Gasteiger partial charge in [-0.05, 0) is 43.0 Å². The van der Waals surface area contributed by atoms with E-state index in [2.05, 4.69) is 25.3 Å². The van der Waals surface area contributed by atoms with Gasteiger partial charge in [0.05, 0.1) is 17.2 Å². The van der Waals surface area contributed by atoms with Gasteiger partial charge in [0.25, 0.3) is 5.91 Å². The Labute approximate surface area is 193 Å². The highest BCUT2D eigenvalue weighted by molar-refractivity contribution is 6.00. The Hall–Kier alpha value is -3.63. The minimum atomic E-state index is -4.52. The van der Waals surface area contributed by atoms with Crippen LogP contribution in [-0.4, -0.2) is 49.9 Å². The summed E-state index contributed by atoms with van der Waals surface area (Å²) in [6, 6.07) is 5.25. The number of piperidine rings is 1. The summed E-state index contributed by atoms with van der Waals surface area (Å²) in [5.41, 5.74) is -0.373. The van der Waals surface area contributed by atoms with E-state index in [1.807, 2.05) is 6.92 Å². The van der Waals surface area contributed by atoms with Gasteiger partial charge in [-0.3, -0.25) is 4.79 Å². The molecule has 0 spiro atoms. The van der Waals surface area contributed by atoms with Crippen molar-refractivity contribution in [1.29, 1.82) is 0 Å². The first-order chi connectivity index (χ1) is 16.2. The molecule has 1 amide bonds. The number of hydrogen-bond acceptors (Lipinski definition) is 6. The molecule has 0 bridgehead atoms. The monoisotopic (exact) mass is 474 g/mol. The highest BCUT2D eigenvalue weighted by Crippen LogP contribution is 2.30. The number of nitrogens with zero attached hydrogens (tertiary/aromatic N) is 5. The van der Waals surface area contributed by atoms with Gasteiger partial charge < -0.3 is 10.2 Å². The second-order valence-corrected chi connectivity index (χ2v) is 8.12. The highest BCUT2D eigenvalue weighted by Gasteiger charge is 2.34. The molecule has 2 unspecified atom stereocenters. The van der Waals surface area contributed by atoms with Crippen LogP contribution in [0.5, 0.6) is 0 Å². The fraction of sp³-hybridized carbons (Fsp3) is 0.348. The number of rotatable bonds is 5. The van der Waals surface area contributed by atoms with Crippen molar-refractivity contribution in [2.45, 2.75) is 32.0 Å². The van der Waals surface area contributed by atoms with E-state index in [-0.39, 0.29) is 35.9 Å². The highest BCUT2D eigenvalue weighted by atomic mass is 19.4. The minimum absolute atomic E-state index is 0.0299. The van der Waals surface area contributed by atoms with E-state index < -0.39 is 17.6 Å². The van der Waals surface area contributed by atoms with Crippen LogP contribution in [0, 0.1) is 11.7 Å². The number of nitrogens with one attached hydrogen (secondary N) is 1. The number of anilines is 1. The molecule has 2 atom stereocenters. The van der Waals surface area contributed by atoms with Crippen LogP contribution < -0.4 is 5.32 Å². The number of aromatic nitrogens is 4. The Morgan fingerprint density at radius 2 is 1.85 bits per heavy atom. The first-order valence-corrected chi connectivity index (χ1v) is 10.7. The van der Waals surface area contributed by atoms with E-state index in [9.17, 15) is 22.4 Å². The van der Waals surface area contributed by atoms with Crippen LogP contribution in [0.2, 0.25) is 0 Å². The maximum absolute atomic E-state index is 14.1. The van der Waals surface area contributed by atoms with Crippen molar-refractivity contribution in [3.05, 3.63) is 66.0 Å². The van der Waals surface area contributed by atoms with Crippen LogP contribution >= 0.6 is 0 Å². The molecule has 11 heteroatoms. The smallest absolute Gasteiger partial charge is 0.352 e. The van der Waals surface area contributed by atoms with Crippen molar-refractivity contribution in [1.82, 2.24) is 24.8 Å². The molecule has 1 N–H and O–H groups in total. The molecule has 3 aromatic rings. The zero-order valence-electron chi connectivity index (χ0n) is 18.3. The number of amides is 1. The molecule has 4 rings (SSSR count). The molecule has 1 aromatic carbocycles. The quantitative estimate of drug-likeness (QED) is 0.551. The van der Waals surface area contributed by atoms with Crippen molar-refractivity contribution < 1.29 is 22.4 Å². The minimum Gasteiger partial charge on any atom is -0.352 e. The number of benzene rings is 1. The van der Waals surface area contributed by atoms with Crippen LogP contribution in [0.3, 0.4) is 0 Å². The molecule has 0 aliphatic carbocycles. The van der Waals surface area contributed by atoms with Crippen LogP contribution in [-0.2, 0) is 6.18 Å². The van der Waals surface area contributed by atoms with Gasteiger partial charge in [-0.1, -0.05) is 6.92 Å². The molecule has 34 heavy (non-hydrogen) atoms. The van der Waals surface area contributed by atoms with E-state index in [1.54, 1.807) is 23.4 Å². The van der Waals surface area contributed by atoms with Crippen molar-refractivity contribution >= 4 is 11.9 Å². The molecule has 1 aliphatic heterocycles. The zero-order valence-corrected chi connectivity index (χ0v) is 18.3. The summed E-state index contributed by atoms with van der Waals surface area (Å²) in [6.45, 7) is 2.67. The van der Waals surface area contributed by atoms with Gasteiger partial charge in [-0.25, -0.2) is 24.3 Å². The summed E-state index contributed by atoms with van der Waals surface area (Å²) in [5, 5.41) is 2.94. The van der Waals surface area contributed by atoms with E-state index in [0.717, 1.165) is 12.8 Å². The number of alkyl halides is 3. The number of likely N-dealkylation sites (tertiary alicyclic amines) is 1. The lowest BCUT2D eigenvalue weighted by atomic mass is 9.89. The standard InChI is InChI=1S/C23H22F4N6O/c1-14-4-2-9-33(19(14)13-32-22-30-11-15(12-31-22)23(25,26)27)21(34)18-10-16(24)5-6-17(18)20-28-7-3-8-29-20/h3,5-8,10-12,14,19H,2,4,9,13H2,1H3,(H,30,31,32). The molecular formula is C23H22F4N6O. The molecule has 178 valence electrons. The van der Waals surface area contributed by atoms with E-state index in [4.69, 9.17) is 0 Å². The third kappa shape index (κ3) is 5.13. The lowest BCUT2D eigenvalue weighted by Crippen LogP contribution is -2.51. The number of carbonyl (C=O) groups is 1. The molecule has 1 aliphatic rings. The van der Waals surface area contributed by atoms with Crippen molar-refractivity contribution in [2.24, 2.45) is 5.92 Å². The van der Waals surface area contributed by atoms with Crippen molar-refractivity contribution in [2.75, 3.05) is 18.4 Å². The van der Waals surface area contributed by atoms with E-state index >= 15 is 0 Å². The Morgan fingerprint density at radius 3 is 2.53 bits per heavy atom. The van der Waals surface area contributed by atoms with Crippen LogP contribution in [0.1, 0.15) is 35.7 Å². The van der Waals surface area contributed by atoms with Crippen LogP contribution in [0.25, 0.3) is 11.4 Å². The lowest BCUT2D eigenvalue weighted by molar-refractivity contribution is -0.138. The fourth-order valence-electron chi connectivity index (χ4n) is 4.06. The lowest BCUT2D eigenvalue weighted by Gasteiger charge is -2.40.